The van der Waals surface area contributed by atoms with Crippen molar-refractivity contribution >= 4 is 39.2 Å². The van der Waals surface area contributed by atoms with Crippen LogP contribution in [0.5, 0.6) is 0 Å². The van der Waals surface area contributed by atoms with Crippen LogP contribution in [0.25, 0.3) is 10.2 Å². The standard InChI is InChI=1S/C16H19N3O2S2/c1-19-15(21)12-9-5-4-7-10(9)22-14(12)18-16(19)23-11-6-2-3-8-17-13(11)20/h11H,2-8H2,1H3,(H,17,20). The molecule has 7 heteroatoms. The summed E-state index contributed by atoms with van der Waals surface area (Å²) in [4.78, 5) is 31.8. The molecule has 2 aromatic rings. The van der Waals surface area contributed by atoms with Crippen molar-refractivity contribution in [1.82, 2.24) is 14.9 Å². The Kier molecular flexibility index (Phi) is 3.93. The number of fused-ring (bicyclic) bond motifs is 3. The molecule has 122 valence electrons. The van der Waals surface area contributed by atoms with Crippen molar-refractivity contribution in [3.63, 3.8) is 0 Å². The molecular weight excluding hydrogens is 330 g/mol. The minimum atomic E-state index is -0.153. The highest BCUT2D eigenvalue weighted by Gasteiger charge is 2.26. The molecule has 2 aliphatic rings. The van der Waals surface area contributed by atoms with Crippen LogP contribution in [0.3, 0.4) is 0 Å². The number of aromatic nitrogens is 2. The van der Waals surface area contributed by atoms with Crippen molar-refractivity contribution in [3.05, 3.63) is 20.8 Å². The molecule has 0 bridgehead atoms. The van der Waals surface area contributed by atoms with Crippen molar-refractivity contribution in [1.29, 1.82) is 0 Å². The fourth-order valence-corrected chi connectivity index (χ4v) is 5.79. The number of nitrogens with one attached hydrogen (secondary N) is 1. The first-order valence-corrected chi connectivity index (χ1v) is 9.80. The van der Waals surface area contributed by atoms with Crippen molar-refractivity contribution in [2.24, 2.45) is 7.05 Å². The highest BCUT2D eigenvalue weighted by atomic mass is 32.2. The van der Waals surface area contributed by atoms with Crippen LogP contribution in [-0.2, 0) is 24.7 Å². The van der Waals surface area contributed by atoms with Gasteiger partial charge in [-0.3, -0.25) is 14.2 Å². The van der Waals surface area contributed by atoms with Gasteiger partial charge < -0.3 is 5.32 Å². The summed E-state index contributed by atoms with van der Waals surface area (Å²) < 4.78 is 1.62. The van der Waals surface area contributed by atoms with Gasteiger partial charge >= 0.3 is 0 Å². The quantitative estimate of drug-likeness (QED) is 0.845. The first kappa shape index (κ1) is 15.2. The third-order valence-corrected chi connectivity index (χ3v) is 7.13. The van der Waals surface area contributed by atoms with Crippen LogP contribution in [0.4, 0.5) is 0 Å². The molecule has 2 aromatic heterocycles. The lowest BCUT2D eigenvalue weighted by atomic mass is 10.2. The summed E-state index contributed by atoms with van der Waals surface area (Å²) >= 11 is 3.08. The SMILES string of the molecule is Cn1c(SC2CCCCNC2=O)nc2sc3c(c2c1=O)CCC3. The van der Waals surface area contributed by atoms with Gasteiger partial charge in [0, 0.05) is 18.5 Å². The summed E-state index contributed by atoms with van der Waals surface area (Å²) in [5.74, 6) is 0.0653. The van der Waals surface area contributed by atoms with E-state index in [1.165, 1.54) is 22.2 Å². The molecular formula is C16H19N3O2S2. The van der Waals surface area contributed by atoms with E-state index < -0.39 is 0 Å². The monoisotopic (exact) mass is 349 g/mol. The number of carbonyl (C=O) groups is 1. The van der Waals surface area contributed by atoms with Gasteiger partial charge in [-0.25, -0.2) is 4.98 Å². The molecule has 1 unspecified atom stereocenters. The number of hydrogen-bond acceptors (Lipinski definition) is 5. The molecule has 0 saturated carbocycles. The number of hydrogen-bond donors (Lipinski definition) is 1. The van der Waals surface area contributed by atoms with E-state index in [0.29, 0.717) is 5.16 Å². The second kappa shape index (κ2) is 5.94. The maximum Gasteiger partial charge on any atom is 0.262 e. The molecule has 0 spiro atoms. The van der Waals surface area contributed by atoms with Crippen LogP contribution < -0.4 is 10.9 Å². The molecule has 4 rings (SSSR count). The number of carbonyl (C=O) groups excluding carboxylic acids is 1. The van der Waals surface area contributed by atoms with Gasteiger partial charge in [0.2, 0.25) is 5.91 Å². The molecule has 0 radical (unpaired) electrons. The van der Waals surface area contributed by atoms with E-state index in [1.54, 1.807) is 23.0 Å². The third kappa shape index (κ3) is 2.59. The van der Waals surface area contributed by atoms with Gasteiger partial charge in [-0.1, -0.05) is 18.2 Å². The predicted molar refractivity (Wildman–Crippen MR) is 93.4 cm³/mol. The molecule has 5 nitrogen and oxygen atoms in total. The van der Waals surface area contributed by atoms with E-state index >= 15 is 0 Å². The second-order valence-corrected chi connectivity index (χ2v) is 8.44. The van der Waals surface area contributed by atoms with Gasteiger partial charge in [0.1, 0.15) is 4.83 Å². The Hall–Kier alpha value is -1.34. The summed E-state index contributed by atoms with van der Waals surface area (Å²) in [6.07, 6.45) is 6.08. The maximum absolute atomic E-state index is 12.8. The zero-order chi connectivity index (χ0) is 16.0. The summed E-state index contributed by atoms with van der Waals surface area (Å²) in [7, 11) is 1.77. The Bertz CT molecular complexity index is 840. The minimum Gasteiger partial charge on any atom is -0.355 e. The lowest BCUT2D eigenvalue weighted by Crippen LogP contribution is -2.31. The van der Waals surface area contributed by atoms with Crippen molar-refractivity contribution < 1.29 is 4.79 Å². The largest absolute Gasteiger partial charge is 0.355 e. The second-order valence-electron chi connectivity index (χ2n) is 6.19. The van der Waals surface area contributed by atoms with E-state index in [2.05, 4.69) is 5.32 Å². The van der Waals surface area contributed by atoms with E-state index in [1.807, 2.05) is 0 Å². The van der Waals surface area contributed by atoms with Crippen molar-refractivity contribution in [3.8, 4) is 0 Å². The normalized spacial score (nSPS) is 21.3. The van der Waals surface area contributed by atoms with Gasteiger partial charge in [0.05, 0.1) is 10.6 Å². The number of rotatable bonds is 2. The number of thiophene rings is 1. The average Bonchev–Trinajstić information content (AvgIpc) is 3.04. The molecule has 23 heavy (non-hydrogen) atoms. The van der Waals surface area contributed by atoms with Gasteiger partial charge in [-0.2, -0.15) is 0 Å². The summed E-state index contributed by atoms with van der Waals surface area (Å²) in [6, 6.07) is 0. The smallest absolute Gasteiger partial charge is 0.262 e. The zero-order valence-corrected chi connectivity index (χ0v) is 14.7. The fraction of sp³-hybridized carbons (Fsp3) is 0.562. The lowest BCUT2D eigenvalue weighted by molar-refractivity contribution is -0.120. The molecule has 0 aromatic carbocycles. The lowest BCUT2D eigenvalue weighted by Gasteiger charge is -2.14. The van der Waals surface area contributed by atoms with Gasteiger partial charge in [0.15, 0.2) is 5.16 Å². The first-order chi connectivity index (χ1) is 11.1. The summed E-state index contributed by atoms with van der Waals surface area (Å²) in [5.41, 5.74) is 1.24. The Labute approximate surface area is 142 Å². The summed E-state index contributed by atoms with van der Waals surface area (Å²) in [5, 5.41) is 4.25. The molecule has 1 fully saturated rings. The summed E-state index contributed by atoms with van der Waals surface area (Å²) in [6.45, 7) is 0.749. The number of nitrogens with zero attached hydrogens (tertiary/aromatic N) is 2. The van der Waals surface area contributed by atoms with E-state index in [4.69, 9.17) is 4.98 Å². The van der Waals surface area contributed by atoms with Gasteiger partial charge in [-0.15, -0.1) is 11.3 Å². The van der Waals surface area contributed by atoms with Gasteiger partial charge in [0.25, 0.3) is 5.56 Å². The molecule has 1 aliphatic heterocycles. The van der Waals surface area contributed by atoms with Crippen LogP contribution in [0.2, 0.25) is 0 Å². The molecule has 3 heterocycles. The predicted octanol–water partition coefficient (Wildman–Crippen LogP) is 2.24. The maximum atomic E-state index is 12.8. The highest BCUT2D eigenvalue weighted by molar-refractivity contribution is 8.00. The fourth-order valence-electron chi connectivity index (χ4n) is 3.36. The Morgan fingerprint density at radius 2 is 2.13 bits per heavy atom. The number of thioether (sulfide) groups is 1. The van der Waals surface area contributed by atoms with Crippen LogP contribution in [0, 0.1) is 0 Å². The first-order valence-electron chi connectivity index (χ1n) is 8.11. The van der Waals surface area contributed by atoms with Gasteiger partial charge in [-0.05, 0) is 37.7 Å². The average molecular weight is 349 g/mol. The van der Waals surface area contributed by atoms with Crippen molar-refractivity contribution in [2.45, 2.75) is 48.9 Å². The third-order valence-electron chi connectivity index (χ3n) is 4.64. The molecule has 1 aliphatic carbocycles. The number of amides is 1. The highest BCUT2D eigenvalue weighted by Crippen LogP contribution is 2.36. The molecule has 1 N–H and O–H groups in total. The van der Waals surface area contributed by atoms with Crippen LogP contribution >= 0.6 is 23.1 Å². The zero-order valence-electron chi connectivity index (χ0n) is 13.1. The van der Waals surface area contributed by atoms with Crippen LogP contribution in [-0.4, -0.2) is 27.3 Å². The Balaban J connectivity index is 1.74. The Morgan fingerprint density at radius 3 is 3.00 bits per heavy atom. The van der Waals surface area contributed by atoms with Crippen molar-refractivity contribution in [2.75, 3.05) is 6.54 Å². The molecule has 1 atom stereocenters. The molecule has 1 saturated heterocycles. The topological polar surface area (TPSA) is 64.0 Å². The number of aryl methyl sites for hydroxylation is 2. The van der Waals surface area contributed by atoms with E-state index in [-0.39, 0.29) is 16.7 Å². The van der Waals surface area contributed by atoms with Crippen LogP contribution in [0.1, 0.15) is 36.1 Å². The molecule has 1 amide bonds. The van der Waals surface area contributed by atoms with E-state index in [0.717, 1.165) is 55.3 Å². The Morgan fingerprint density at radius 1 is 1.26 bits per heavy atom. The minimum absolute atomic E-state index is 0.0333. The van der Waals surface area contributed by atoms with E-state index in [9.17, 15) is 9.59 Å². The van der Waals surface area contributed by atoms with Crippen LogP contribution in [0.15, 0.2) is 9.95 Å².